The van der Waals surface area contributed by atoms with E-state index in [1.807, 2.05) is 18.3 Å². The molecule has 2 aromatic heterocycles. The van der Waals surface area contributed by atoms with Crippen LogP contribution in [-0.2, 0) is 17.9 Å². The molecule has 0 spiro atoms. The van der Waals surface area contributed by atoms with Crippen molar-refractivity contribution in [2.24, 2.45) is 0 Å². The van der Waals surface area contributed by atoms with Gasteiger partial charge in [-0.3, -0.25) is 29.0 Å². The van der Waals surface area contributed by atoms with Gasteiger partial charge in [-0.1, -0.05) is 6.07 Å². The number of nitrogens with zero attached hydrogens (tertiary/aromatic N) is 4. The van der Waals surface area contributed by atoms with Crippen LogP contribution in [-0.4, -0.2) is 56.4 Å². The van der Waals surface area contributed by atoms with E-state index in [2.05, 4.69) is 14.9 Å². The normalized spacial score (nSPS) is 15.7. The SMILES string of the molecule is Cc1cn(CC(=O)N2CCCN(Cc3cccnc3)CC2)c(=O)[nH]c1=O. The van der Waals surface area contributed by atoms with Gasteiger partial charge in [0.1, 0.15) is 6.54 Å². The summed E-state index contributed by atoms with van der Waals surface area (Å²) >= 11 is 0. The minimum absolute atomic E-state index is 0.0565. The number of rotatable bonds is 4. The molecule has 0 aliphatic carbocycles. The van der Waals surface area contributed by atoms with Crippen LogP contribution in [0.4, 0.5) is 0 Å². The Bertz CT molecular complexity index is 874. The van der Waals surface area contributed by atoms with Crippen LogP contribution in [0.3, 0.4) is 0 Å². The van der Waals surface area contributed by atoms with Gasteiger partial charge in [0.25, 0.3) is 5.56 Å². The minimum Gasteiger partial charge on any atom is -0.340 e. The maximum atomic E-state index is 12.6. The lowest BCUT2D eigenvalue weighted by Gasteiger charge is -2.22. The van der Waals surface area contributed by atoms with E-state index in [-0.39, 0.29) is 12.5 Å². The van der Waals surface area contributed by atoms with Crippen LogP contribution in [0.2, 0.25) is 0 Å². The first-order valence-corrected chi connectivity index (χ1v) is 8.72. The number of carbonyl (C=O) groups excluding carboxylic acids is 1. The highest BCUT2D eigenvalue weighted by atomic mass is 16.2. The number of amides is 1. The topological polar surface area (TPSA) is 91.3 Å². The molecule has 1 aliphatic rings. The van der Waals surface area contributed by atoms with Crippen LogP contribution >= 0.6 is 0 Å². The molecule has 138 valence electrons. The Morgan fingerprint density at radius 3 is 2.85 bits per heavy atom. The average Bonchev–Trinajstić information content (AvgIpc) is 2.86. The maximum absolute atomic E-state index is 12.6. The summed E-state index contributed by atoms with van der Waals surface area (Å²) in [7, 11) is 0. The lowest BCUT2D eigenvalue weighted by Crippen LogP contribution is -2.40. The molecule has 1 fully saturated rings. The lowest BCUT2D eigenvalue weighted by atomic mass is 10.2. The second-order valence-electron chi connectivity index (χ2n) is 6.57. The Hall–Kier alpha value is -2.74. The third-order valence-electron chi connectivity index (χ3n) is 4.56. The van der Waals surface area contributed by atoms with Gasteiger partial charge in [-0.15, -0.1) is 0 Å². The van der Waals surface area contributed by atoms with E-state index in [1.165, 1.54) is 10.8 Å². The van der Waals surface area contributed by atoms with Crippen LogP contribution in [0.5, 0.6) is 0 Å². The Labute approximate surface area is 151 Å². The van der Waals surface area contributed by atoms with Gasteiger partial charge in [-0.05, 0) is 25.0 Å². The van der Waals surface area contributed by atoms with Crippen LogP contribution in [0.15, 0.2) is 40.3 Å². The fourth-order valence-corrected chi connectivity index (χ4v) is 3.11. The molecule has 3 heterocycles. The zero-order valence-electron chi connectivity index (χ0n) is 14.9. The quantitative estimate of drug-likeness (QED) is 0.830. The molecule has 0 aromatic carbocycles. The highest BCUT2D eigenvalue weighted by Gasteiger charge is 2.20. The first kappa shape index (κ1) is 18.1. The first-order valence-electron chi connectivity index (χ1n) is 8.72. The third-order valence-corrected chi connectivity index (χ3v) is 4.56. The van der Waals surface area contributed by atoms with Gasteiger partial charge in [0, 0.05) is 56.9 Å². The second-order valence-corrected chi connectivity index (χ2v) is 6.57. The van der Waals surface area contributed by atoms with E-state index in [0.29, 0.717) is 18.7 Å². The first-order chi connectivity index (χ1) is 12.5. The van der Waals surface area contributed by atoms with Gasteiger partial charge in [-0.25, -0.2) is 4.79 Å². The highest BCUT2D eigenvalue weighted by molar-refractivity contribution is 5.76. The predicted octanol–water partition coefficient (Wildman–Crippen LogP) is -0.0255. The zero-order chi connectivity index (χ0) is 18.5. The number of carbonyl (C=O) groups is 1. The van der Waals surface area contributed by atoms with Crippen molar-refractivity contribution in [1.82, 2.24) is 24.3 Å². The standard InChI is InChI=1S/C18H23N5O3/c1-14-11-23(18(26)20-17(14)25)13-16(24)22-7-3-6-21(8-9-22)12-15-4-2-5-19-10-15/h2,4-5,10-11H,3,6-9,12-13H2,1H3,(H,20,25,26). The Morgan fingerprint density at radius 2 is 2.08 bits per heavy atom. The molecule has 26 heavy (non-hydrogen) atoms. The number of aromatic nitrogens is 3. The molecule has 8 heteroatoms. The lowest BCUT2D eigenvalue weighted by molar-refractivity contribution is -0.131. The van der Waals surface area contributed by atoms with E-state index in [4.69, 9.17) is 0 Å². The highest BCUT2D eigenvalue weighted by Crippen LogP contribution is 2.08. The smallest absolute Gasteiger partial charge is 0.328 e. The summed E-state index contributed by atoms with van der Waals surface area (Å²) in [4.78, 5) is 46.3. The summed E-state index contributed by atoms with van der Waals surface area (Å²) < 4.78 is 1.26. The molecule has 1 N–H and O–H groups in total. The summed E-state index contributed by atoms with van der Waals surface area (Å²) in [6.07, 6.45) is 5.93. The Balaban J connectivity index is 1.60. The van der Waals surface area contributed by atoms with E-state index >= 15 is 0 Å². The fraction of sp³-hybridized carbons (Fsp3) is 0.444. The van der Waals surface area contributed by atoms with E-state index in [1.54, 1.807) is 18.0 Å². The Morgan fingerprint density at radius 1 is 1.23 bits per heavy atom. The number of aromatic amines is 1. The molecule has 0 bridgehead atoms. The predicted molar refractivity (Wildman–Crippen MR) is 96.8 cm³/mol. The molecule has 2 aromatic rings. The van der Waals surface area contributed by atoms with Crippen LogP contribution < -0.4 is 11.2 Å². The zero-order valence-corrected chi connectivity index (χ0v) is 14.9. The molecule has 8 nitrogen and oxygen atoms in total. The summed E-state index contributed by atoms with van der Waals surface area (Å²) in [5.74, 6) is -0.109. The van der Waals surface area contributed by atoms with Crippen LogP contribution in [0.25, 0.3) is 0 Å². The molecule has 1 aliphatic heterocycles. The number of H-pyrrole nitrogens is 1. The van der Waals surface area contributed by atoms with Crippen molar-refractivity contribution in [2.45, 2.75) is 26.4 Å². The summed E-state index contributed by atoms with van der Waals surface area (Å²) in [5, 5.41) is 0. The summed E-state index contributed by atoms with van der Waals surface area (Å²) in [5.41, 5.74) is 0.597. The van der Waals surface area contributed by atoms with Crippen molar-refractivity contribution < 1.29 is 4.79 Å². The molecule has 3 rings (SSSR count). The van der Waals surface area contributed by atoms with Crippen LogP contribution in [0, 0.1) is 6.92 Å². The fourth-order valence-electron chi connectivity index (χ4n) is 3.11. The third kappa shape index (κ3) is 4.45. The molecular weight excluding hydrogens is 334 g/mol. The van der Waals surface area contributed by atoms with Crippen molar-refractivity contribution >= 4 is 5.91 Å². The van der Waals surface area contributed by atoms with Gasteiger partial charge in [0.05, 0.1) is 0 Å². The van der Waals surface area contributed by atoms with E-state index in [0.717, 1.165) is 31.6 Å². The van der Waals surface area contributed by atoms with Crippen molar-refractivity contribution in [2.75, 3.05) is 26.2 Å². The van der Waals surface area contributed by atoms with E-state index in [9.17, 15) is 14.4 Å². The van der Waals surface area contributed by atoms with Gasteiger partial charge in [0.15, 0.2) is 0 Å². The largest absolute Gasteiger partial charge is 0.340 e. The van der Waals surface area contributed by atoms with Crippen LogP contribution in [0.1, 0.15) is 17.5 Å². The molecule has 0 saturated carbocycles. The molecule has 0 unspecified atom stereocenters. The van der Waals surface area contributed by atoms with Crippen molar-refractivity contribution in [1.29, 1.82) is 0 Å². The molecule has 1 amide bonds. The molecule has 0 atom stereocenters. The van der Waals surface area contributed by atoms with Crippen molar-refractivity contribution in [3.63, 3.8) is 0 Å². The van der Waals surface area contributed by atoms with Gasteiger partial charge in [0.2, 0.25) is 5.91 Å². The Kier molecular flexibility index (Phi) is 5.62. The van der Waals surface area contributed by atoms with Crippen molar-refractivity contribution in [3.05, 3.63) is 62.7 Å². The van der Waals surface area contributed by atoms with Gasteiger partial charge < -0.3 is 4.90 Å². The number of nitrogens with one attached hydrogen (secondary N) is 1. The molecule has 1 saturated heterocycles. The second kappa shape index (κ2) is 8.09. The number of aryl methyl sites for hydroxylation is 1. The van der Waals surface area contributed by atoms with E-state index < -0.39 is 11.2 Å². The molecular formula is C18H23N5O3. The van der Waals surface area contributed by atoms with Gasteiger partial charge in [-0.2, -0.15) is 0 Å². The summed E-state index contributed by atoms with van der Waals surface area (Å²) in [6.45, 7) is 5.35. The minimum atomic E-state index is -0.554. The van der Waals surface area contributed by atoms with Gasteiger partial charge >= 0.3 is 5.69 Å². The summed E-state index contributed by atoms with van der Waals surface area (Å²) in [6, 6.07) is 3.97. The number of hydrogen-bond donors (Lipinski definition) is 1. The van der Waals surface area contributed by atoms with Crippen molar-refractivity contribution in [3.8, 4) is 0 Å². The maximum Gasteiger partial charge on any atom is 0.328 e. The number of hydrogen-bond acceptors (Lipinski definition) is 5. The molecule has 0 radical (unpaired) electrons. The average molecular weight is 357 g/mol. The monoisotopic (exact) mass is 357 g/mol. The number of pyridine rings is 1.